The molecular weight excluding hydrogens is 286 g/mol. The molecule has 10 heteroatoms. The molecule has 8 nitrogen and oxygen atoms in total. The average molecular weight is 301 g/mol. The summed E-state index contributed by atoms with van der Waals surface area (Å²) in [6.07, 6.45) is 0.880. The van der Waals surface area contributed by atoms with Crippen LogP contribution in [0.2, 0.25) is 0 Å². The van der Waals surface area contributed by atoms with Crippen molar-refractivity contribution in [3.63, 3.8) is 0 Å². The van der Waals surface area contributed by atoms with Gasteiger partial charge in [-0.3, -0.25) is 4.79 Å². The first kappa shape index (κ1) is 16.8. The summed E-state index contributed by atoms with van der Waals surface area (Å²) in [5.74, 6) is -4.26. The van der Waals surface area contributed by atoms with Crippen LogP contribution < -0.4 is 5.32 Å². The highest BCUT2D eigenvalue weighted by Crippen LogP contribution is 1.98. The van der Waals surface area contributed by atoms with Crippen molar-refractivity contribution < 1.29 is 31.5 Å². The second-order valence-electron chi connectivity index (χ2n) is 3.84. The monoisotopic (exact) mass is 301 g/mol. The fourth-order valence-electron chi connectivity index (χ4n) is 1.04. The number of nitrogens with one attached hydrogen (secondary N) is 1. The molecule has 1 amide bonds. The predicted octanol–water partition coefficient (Wildman–Crippen LogP) is -1.96. The highest BCUT2D eigenvalue weighted by molar-refractivity contribution is 7.94. The number of sulfone groups is 2. The molecule has 0 saturated carbocycles. The predicted molar refractivity (Wildman–Crippen MR) is 63.6 cm³/mol. The van der Waals surface area contributed by atoms with Crippen LogP contribution in [-0.2, 0) is 29.3 Å². The summed E-state index contributed by atoms with van der Waals surface area (Å²) in [5.41, 5.74) is 0. The molecule has 1 unspecified atom stereocenters. The minimum absolute atomic E-state index is 0.582. The Hall–Kier alpha value is -1.16. The van der Waals surface area contributed by atoms with E-state index in [1.54, 1.807) is 0 Å². The summed E-state index contributed by atoms with van der Waals surface area (Å²) in [6, 6.07) is -1.58. The van der Waals surface area contributed by atoms with E-state index < -0.39 is 54.9 Å². The van der Waals surface area contributed by atoms with Crippen molar-refractivity contribution in [3.05, 3.63) is 0 Å². The van der Waals surface area contributed by atoms with Gasteiger partial charge in [-0.15, -0.1) is 0 Å². The average Bonchev–Trinajstić information content (AvgIpc) is 2.11. The van der Waals surface area contributed by atoms with Gasteiger partial charge in [0.15, 0.2) is 9.84 Å². The fourth-order valence-corrected chi connectivity index (χ4v) is 4.16. The quantitative estimate of drug-likeness (QED) is 0.557. The number of amides is 1. The van der Waals surface area contributed by atoms with Crippen molar-refractivity contribution in [3.8, 4) is 0 Å². The number of carboxylic acids is 1. The summed E-state index contributed by atoms with van der Waals surface area (Å²) in [5, 5.41) is 10.7. The molecule has 0 radical (unpaired) electrons. The lowest BCUT2D eigenvalue weighted by molar-refractivity contribution is -0.140. The van der Waals surface area contributed by atoms with E-state index in [0.29, 0.717) is 0 Å². The molecule has 0 aromatic rings. The Labute approximate surface area is 105 Å². The van der Waals surface area contributed by atoms with Crippen LogP contribution in [0.5, 0.6) is 0 Å². The standard InChI is InChI=1S/C8H15NO7S2/c1-6(10)9-7(8(11)12)5-18(15,16)4-3-17(2,13)14/h7H,3-5H2,1-2H3,(H,9,10)(H,11,12). The maximum absolute atomic E-state index is 11.5. The molecule has 0 aliphatic carbocycles. The lowest BCUT2D eigenvalue weighted by Gasteiger charge is -2.13. The van der Waals surface area contributed by atoms with E-state index in [0.717, 1.165) is 13.2 Å². The van der Waals surface area contributed by atoms with E-state index in [2.05, 4.69) is 0 Å². The summed E-state index contributed by atoms with van der Waals surface area (Å²) < 4.78 is 44.6. The van der Waals surface area contributed by atoms with Gasteiger partial charge in [0.2, 0.25) is 5.91 Å². The van der Waals surface area contributed by atoms with Crippen LogP contribution in [0, 0.1) is 0 Å². The van der Waals surface area contributed by atoms with Crippen molar-refractivity contribution in [2.24, 2.45) is 0 Å². The van der Waals surface area contributed by atoms with Gasteiger partial charge in [0.25, 0.3) is 0 Å². The zero-order valence-corrected chi connectivity index (χ0v) is 11.5. The Kier molecular flexibility index (Phi) is 5.74. The van der Waals surface area contributed by atoms with Crippen molar-refractivity contribution in [2.75, 3.05) is 23.5 Å². The van der Waals surface area contributed by atoms with E-state index in [1.165, 1.54) is 0 Å². The van der Waals surface area contributed by atoms with Crippen LogP contribution >= 0.6 is 0 Å². The number of rotatable bonds is 7. The molecule has 0 aromatic carbocycles. The Bertz CT molecular complexity index is 520. The molecule has 0 heterocycles. The van der Waals surface area contributed by atoms with Crippen LogP contribution in [0.3, 0.4) is 0 Å². The van der Waals surface area contributed by atoms with Gasteiger partial charge >= 0.3 is 5.97 Å². The molecule has 1 atom stereocenters. The SMILES string of the molecule is CC(=O)NC(CS(=O)(=O)CCS(C)(=O)=O)C(=O)O. The van der Waals surface area contributed by atoms with E-state index in [-0.39, 0.29) is 0 Å². The van der Waals surface area contributed by atoms with Crippen LogP contribution in [0.15, 0.2) is 0 Å². The first-order chi connectivity index (χ1) is 7.93. The summed E-state index contributed by atoms with van der Waals surface area (Å²) in [7, 11) is -7.33. The van der Waals surface area contributed by atoms with Gasteiger partial charge < -0.3 is 10.4 Å². The van der Waals surface area contributed by atoms with Gasteiger partial charge in [0, 0.05) is 13.2 Å². The molecule has 0 aromatic heterocycles. The molecule has 18 heavy (non-hydrogen) atoms. The van der Waals surface area contributed by atoms with Gasteiger partial charge in [-0.2, -0.15) is 0 Å². The maximum Gasteiger partial charge on any atom is 0.327 e. The summed E-state index contributed by atoms with van der Waals surface area (Å²) >= 11 is 0. The molecule has 0 rings (SSSR count). The third-order valence-electron chi connectivity index (χ3n) is 1.86. The fraction of sp³-hybridized carbons (Fsp3) is 0.750. The number of carbonyl (C=O) groups excluding carboxylic acids is 1. The van der Waals surface area contributed by atoms with Gasteiger partial charge in [-0.25, -0.2) is 21.6 Å². The molecule has 2 N–H and O–H groups in total. The second-order valence-corrected chi connectivity index (χ2v) is 8.32. The Balaban J connectivity index is 4.72. The second kappa shape index (κ2) is 6.14. The number of carbonyl (C=O) groups is 2. The Morgan fingerprint density at radius 2 is 1.67 bits per heavy atom. The third kappa shape index (κ3) is 8.01. The topological polar surface area (TPSA) is 135 Å². The lowest BCUT2D eigenvalue weighted by Crippen LogP contribution is -2.45. The number of hydrogen-bond acceptors (Lipinski definition) is 6. The van der Waals surface area contributed by atoms with E-state index >= 15 is 0 Å². The van der Waals surface area contributed by atoms with Crippen LogP contribution in [0.1, 0.15) is 6.92 Å². The summed E-state index contributed by atoms with van der Waals surface area (Å²) in [4.78, 5) is 21.4. The van der Waals surface area contributed by atoms with Crippen molar-refractivity contribution in [1.29, 1.82) is 0 Å². The van der Waals surface area contributed by atoms with Crippen LogP contribution in [-0.4, -0.2) is 63.4 Å². The largest absolute Gasteiger partial charge is 0.480 e. The smallest absolute Gasteiger partial charge is 0.327 e. The minimum atomic E-state index is -3.88. The zero-order valence-electron chi connectivity index (χ0n) is 9.91. The summed E-state index contributed by atoms with van der Waals surface area (Å²) in [6.45, 7) is 1.05. The lowest BCUT2D eigenvalue weighted by atomic mass is 10.3. The highest BCUT2D eigenvalue weighted by Gasteiger charge is 2.26. The molecule has 0 fully saturated rings. The Morgan fingerprint density at radius 1 is 1.17 bits per heavy atom. The molecule has 0 bridgehead atoms. The van der Waals surface area contributed by atoms with E-state index in [9.17, 15) is 26.4 Å². The van der Waals surface area contributed by atoms with Gasteiger partial charge in [-0.1, -0.05) is 0 Å². The molecule has 106 valence electrons. The number of hydrogen-bond donors (Lipinski definition) is 2. The van der Waals surface area contributed by atoms with Crippen molar-refractivity contribution >= 4 is 31.6 Å². The van der Waals surface area contributed by atoms with Crippen molar-refractivity contribution in [2.45, 2.75) is 13.0 Å². The van der Waals surface area contributed by atoms with Gasteiger partial charge in [0.05, 0.1) is 17.3 Å². The zero-order chi connectivity index (χ0) is 14.6. The third-order valence-corrected chi connectivity index (χ3v) is 4.73. The van der Waals surface area contributed by atoms with Gasteiger partial charge in [-0.05, 0) is 0 Å². The van der Waals surface area contributed by atoms with Crippen LogP contribution in [0.4, 0.5) is 0 Å². The molecule has 0 aliphatic rings. The van der Waals surface area contributed by atoms with Crippen LogP contribution in [0.25, 0.3) is 0 Å². The first-order valence-corrected chi connectivity index (χ1v) is 8.69. The normalized spacial score (nSPS) is 13.9. The molecule has 0 aliphatic heterocycles. The number of aliphatic carboxylic acids is 1. The van der Waals surface area contributed by atoms with Crippen molar-refractivity contribution in [1.82, 2.24) is 5.32 Å². The van der Waals surface area contributed by atoms with E-state index in [1.807, 2.05) is 5.32 Å². The van der Waals surface area contributed by atoms with Gasteiger partial charge in [0.1, 0.15) is 15.9 Å². The maximum atomic E-state index is 11.5. The Morgan fingerprint density at radius 3 is 2.00 bits per heavy atom. The number of carboxylic acid groups (broad SMARTS) is 1. The highest BCUT2D eigenvalue weighted by atomic mass is 32.2. The molecule has 0 saturated heterocycles. The first-order valence-electron chi connectivity index (χ1n) is 4.81. The van der Waals surface area contributed by atoms with E-state index in [4.69, 9.17) is 5.11 Å². The molecule has 0 spiro atoms. The minimum Gasteiger partial charge on any atom is -0.480 e. The molecular formula is C8H15NO7S2.